The number of nitrogens with one attached hydrogen (secondary N) is 2. The van der Waals surface area contributed by atoms with Gasteiger partial charge in [0, 0.05) is 11.8 Å². The fourth-order valence-corrected chi connectivity index (χ4v) is 1.62. The topological polar surface area (TPSA) is 54.3 Å². The van der Waals surface area contributed by atoms with E-state index in [0.29, 0.717) is 5.88 Å². The standard InChI is InChI=1S/C13H14N2O2/c1-9-5-3-6-10(2)12(9)15-13(16)14-11-7-4-8-17-11/h3-8H,1-2H3,(H2,14,15,16). The second kappa shape index (κ2) is 4.74. The van der Waals surface area contributed by atoms with Crippen LogP contribution in [0.1, 0.15) is 11.1 Å². The maximum Gasteiger partial charge on any atom is 0.326 e. The molecule has 1 heterocycles. The molecule has 0 aliphatic heterocycles. The highest BCUT2D eigenvalue weighted by molar-refractivity contribution is 5.99. The smallest absolute Gasteiger partial charge is 0.326 e. The molecule has 4 nitrogen and oxygen atoms in total. The summed E-state index contributed by atoms with van der Waals surface area (Å²) in [5.74, 6) is 0.425. The lowest BCUT2D eigenvalue weighted by molar-refractivity contribution is 0.261. The summed E-state index contributed by atoms with van der Waals surface area (Å²) in [6.45, 7) is 3.91. The highest BCUT2D eigenvalue weighted by Crippen LogP contribution is 2.19. The number of para-hydroxylation sites is 1. The van der Waals surface area contributed by atoms with Crippen molar-refractivity contribution in [1.82, 2.24) is 0 Å². The first-order chi connectivity index (χ1) is 8.16. The fraction of sp³-hybridized carbons (Fsp3) is 0.154. The van der Waals surface area contributed by atoms with Crippen LogP contribution in [0.3, 0.4) is 0 Å². The number of urea groups is 1. The third-order valence-electron chi connectivity index (χ3n) is 2.48. The maximum absolute atomic E-state index is 11.7. The first-order valence-corrected chi connectivity index (χ1v) is 5.34. The first-order valence-electron chi connectivity index (χ1n) is 5.34. The Bertz CT molecular complexity index is 498. The lowest BCUT2D eigenvalue weighted by atomic mass is 10.1. The Labute approximate surface area is 99.6 Å². The Morgan fingerprint density at radius 2 is 1.76 bits per heavy atom. The van der Waals surface area contributed by atoms with Crippen LogP contribution in [-0.4, -0.2) is 6.03 Å². The number of rotatable bonds is 2. The molecule has 2 N–H and O–H groups in total. The van der Waals surface area contributed by atoms with Crippen molar-refractivity contribution >= 4 is 17.6 Å². The van der Waals surface area contributed by atoms with E-state index in [4.69, 9.17) is 4.42 Å². The van der Waals surface area contributed by atoms with Crippen molar-refractivity contribution < 1.29 is 9.21 Å². The average Bonchev–Trinajstić information content (AvgIpc) is 2.76. The first kappa shape index (κ1) is 11.3. The zero-order chi connectivity index (χ0) is 12.3. The van der Waals surface area contributed by atoms with Gasteiger partial charge in [-0.2, -0.15) is 0 Å². The van der Waals surface area contributed by atoms with E-state index in [-0.39, 0.29) is 6.03 Å². The average molecular weight is 230 g/mol. The SMILES string of the molecule is Cc1cccc(C)c1NC(=O)Nc1ccco1. The second-order valence-electron chi connectivity index (χ2n) is 3.82. The number of hydrogen-bond donors (Lipinski definition) is 2. The number of carbonyl (C=O) groups is 1. The number of aryl methyl sites for hydroxylation is 2. The maximum atomic E-state index is 11.7. The monoisotopic (exact) mass is 230 g/mol. The number of benzene rings is 1. The molecule has 0 spiro atoms. The van der Waals surface area contributed by atoms with Gasteiger partial charge in [-0.3, -0.25) is 5.32 Å². The van der Waals surface area contributed by atoms with Crippen LogP contribution in [0.5, 0.6) is 0 Å². The third-order valence-corrected chi connectivity index (χ3v) is 2.48. The molecule has 0 aliphatic rings. The molecular weight excluding hydrogens is 216 g/mol. The van der Waals surface area contributed by atoms with Gasteiger partial charge in [-0.1, -0.05) is 18.2 Å². The quantitative estimate of drug-likeness (QED) is 0.829. The molecule has 17 heavy (non-hydrogen) atoms. The molecule has 0 fully saturated rings. The molecule has 0 atom stereocenters. The molecule has 0 bridgehead atoms. The van der Waals surface area contributed by atoms with Crippen molar-refractivity contribution in [1.29, 1.82) is 0 Å². The molecule has 0 saturated heterocycles. The van der Waals surface area contributed by atoms with Crippen LogP contribution in [-0.2, 0) is 0 Å². The van der Waals surface area contributed by atoms with E-state index in [1.54, 1.807) is 12.1 Å². The lowest BCUT2D eigenvalue weighted by Gasteiger charge is -2.11. The Kier molecular flexibility index (Phi) is 3.14. The van der Waals surface area contributed by atoms with Gasteiger partial charge in [0.2, 0.25) is 5.88 Å². The fourth-order valence-electron chi connectivity index (χ4n) is 1.62. The molecule has 0 radical (unpaired) electrons. The number of carbonyl (C=O) groups excluding carboxylic acids is 1. The Balaban J connectivity index is 2.08. The number of furan rings is 1. The van der Waals surface area contributed by atoms with Crippen LogP contribution in [0.2, 0.25) is 0 Å². The van der Waals surface area contributed by atoms with Gasteiger partial charge in [-0.25, -0.2) is 4.79 Å². The second-order valence-corrected chi connectivity index (χ2v) is 3.82. The Morgan fingerprint density at radius 3 is 2.35 bits per heavy atom. The molecule has 1 aromatic carbocycles. The molecule has 1 aromatic heterocycles. The largest absolute Gasteiger partial charge is 0.449 e. The van der Waals surface area contributed by atoms with E-state index in [9.17, 15) is 4.79 Å². The third kappa shape index (κ3) is 2.66. The van der Waals surface area contributed by atoms with Crippen molar-refractivity contribution in [2.75, 3.05) is 10.6 Å². The van der Waals surface area contributed by atoms with Crippen molar-refractivity contribution in [3.8, 4) is 0 Å². The summed E-state index contributed by atoms with van der Waals surface area (Å²) in [5.41, 5.74) is 2.88. The van der Waals surface area contributed by atoms with E-state index in [2.05, 4.69) is 10.6 Å². The van der Waals surface area contributed by atoms with Crippen LogP contribution < -0.4 is 10.6 Å². The normalized spacial score (nSPS) is 10.0. The van der Waals surface area contributed by atoms with Crippen LogP contribution in [0.15, 0.2) is 41.0 Å². The van der Waals surface area contributed by atoms with Crippen LogP contribution >= 0.6 is 0 Å². The van der Waals surface area contributed by atoms with Gasteiger partial charge in [0.15, 0.2) is 0 Å². The zero-order valence-electron chi connectivity index (χ0n) is 9.78. The van der Waals surface area contributed by atoms with Gasteiger partial charge in [-0.05, 0) is 31.0 Å². The molecule has 2 amide bonds. The molecule has 0 aliphatic carbocycles. The van der Waals surface area contributed by atoms with Gasteiger partial charge >= 0.3 is 6.03 Å². The minimum absolute atomic E-state index is 0.308. The van der Waals surface area contributed by atoms with E-state index in [0.717, 1.165) is 16.8 Å². The summed E-state index contributed by atoms with van der Waals surface area (Å²) in [4.78, 5) is 11.7. The molecule has 2 aromatic rings. The zero-order valence-corrected chi connectivity index (χ0v) is 9.78. The van der Waals surface area contributed by atoms with Gasteiger partial charge < -0.3 is 9.73 Å². The van der Waals surface area contributed by atoms with Crippen molar-refractivity contribution in [3.63, 3.8) is 0 Å². The highest BCUT2D eigenvalue weighted by atomic mass is 16.3. The number of hydrogen-bond acceptors (Lipinski definition) is 2. The van der Waals surface area contributed by atoms with Crippen molar-refractivity contribution in [2.45, 2.75) is 13.8 Å². The number of anilines is 2. The molecule has 4 heteroatoms. The molecule has 0 saturated carbocycles. The predicted molar refractivity (Wildman–Crippen MR) is 67.3 cm³/mol. The van der Waals surface area contributed by atoms with E-state index < -0.39 is 0 Å². The van der Waals surface area contributed by atoms with Gasteiger partial charge in [0.25, 0.3) is 0 Å². The molecule has 2 rings (SSSR count). The summed E-state index contributed by atoms with van der Waals surface area (Å²) >= 11 is 0. The van der Waals surface area contributed by atoms with Crippen LogP contribution in [0, 0.1) is 13.8 Å². The summed E-state index contributed by atoms with van der Waals surface area (Å²) in [6, 6.07) is 8.96. The molecule has 88 valence electrons. The highest BCUT2D eigenvalue weighted by Gasteiger charge is 2.07. The van der Waals surface area contributed by atoms with Gasteiger partial charge in [-0.15, -0.1) is 0 Å². The summed E-state index contributed by atoms with van der Waals surface area (Å²) in [6.07, 6.45) is 1.51. The summed E-state index contributed by atoms with van der Waals surface area (Å²) in [7, 11) is 0. The summed E-state index contributed by atoms with van der Waals surface area (Å²) < 4.78 is 5.03. The van der Waals surface area contributed by atoms with Gasteiger partial charge in [0.05, 0.1) is 6.26 Å². The lowest BCUT2D eigenvalue weighted by Crippen LogP contribution is -2.20. The minimum Gasteiger partial charge on any atom is -0.449 e. The van der Waals surface area contributed by atoms with E-state index in [1.807, 2.05) is 32.0 Å². The van der Waals surface area contributed by atoms with Gasteiger partial charge in [0.1, 0.15) is 0 Å². The Morgan fingerprint density at radius 1 is 1.06 bits per heavy atom. The van der Waals surface area contributed by atoms with E-state index in [1.165, 1.54) is 6.26 Å². The van der Waals surface area contributed by atoms with Crippen LogP contribution in [0.4, 0.5) is 16.4 Å². The van der Waals surface area contributed by atoms with E-state index >= 15 is 0 Å². The molecule has 0 unspecified atom stereocenters. The van der Waals surface area contributed by atoms with Crippen molar-refractivity contribution in [2.24, 2.45) is 0 Å². The summed E-state index contributed by atoms with van der Waals surface area (Å²) in [5, 5.41) is 5.41. The number of amides is 2. The van der Waals surface area contributed by atoms with Crippen molar-refractivity contribution in [3.05, 3.63) is 47.7 Å². The van der Waals surface area contributed by atoms with Crippen LogP contribution in [0.25, 0.3) is 0 Å². The molecular formula is C13H14N2O2. The Hall–Kier alpha value is -2.23. The predicted octanol–water partition coefficient (Wildman–Crippen LogP) is 3.54. The minimum atomic E-state index is -0.308.